The number of hydrogen-bond donors (Lipinski definition) is 2. The SMILES string of the molecule is O=C(NCCc1ccco1)c1[nH]nc2c1COc1ccccc1-2. The summed E-state index contributed by atoms with van der Waals surface area (Å²) < 4.78 is 11.0. The number of furan rings is 1. The van der Waals surface area contributed by atoms with E-state index in [1.54, 1.807) is 6.26 Å². The van der Waals surface area contributed by atoms with E-state index in [2.05, 4.69) is 15.5 Å². The molecule has 0 saturated heterocycles. The number of carbonyl (C=O) groups is 1. The lowest BCUT2D eigenvalue weighted by Crippen LogP contribution is -2.27. The molecule has 3 aromatic rings. The van der Waals surface area contributed by atoms with Gasteiger partial charge in [-0.15, -0.1) is 0 Å². The van der Waals surface area contributed by atoms with Gasteiger partial charge in [-0.25, -0.2) is 0 Å². The highest BCUT2D eigenvalue weighted by Crippen LogP contribution is 2.36. The van der Waals surface area contributed by atoms with Crippen molar-refractivity contribution in [2.24, 2.45) is 0 Å². The zero-order chi connectivity index (χ0) is 15.6. The third-order valence-electron chi connectivity index (χ3n) is 3.85. The van der Waals surface area contributed by atoms with Gasteiger partial charge >= 0.3 is 0 Å². The molecule has 0 unspecified atom stereocenters. The number of ether oxygens (including phenoxy) is 1. The van der Waals surface area contributed by atoms with Gasteiger partial charge in [-0.3, -0.25) is 9.89 Å². The summed E-state index contributed by atoms with van der Waals surface area (Å²) in [5.74, 6) is 1.44. The van der Waals surface area contributed by atoms with Crippen LogP contribution in [0.15, 0.2) is 47.1 Å². The van der Waals surface area contributed by atoms with Gasteiger partial charge in [0.25, 0.3) is 5.91 Å². The van der Waals surface area contributed by atoms with E-state index in [1.807, 2.05) is 36.4 Å². The molecular weight excluding hydrogens is 294 g/mol. The molecule has 1 aliphatic rings. The summed E-state index contributed by atoms with van der Waals surface area (Å²) in [4.78, 5) is 12.3. The van der Waals surface area contributed by atoms with Gasteiger partial charge in [-0.05, 0) is 24.3 Å². The van der Waals surface area contributed by atoms with Gasteiger partial charge in [0.15, 0.2) is 0 Å². The number of fused-ring (bicyclic) bond motifs is 3. The molecule has 116 valence electrons. The zero-order valence-electron chi connectivity index (χ0n) is 12.3. The fourth-order valence-corrected chi connectivity index (χ4v) is 2.70. The van der Waals surface area contributed by atoms with Crippen molar-refractivity contribution in [3.05, 3.63) is 59.7 Å². The molecule has 4 rings (SSSR count). The molecule has 0 spiro atoms. The van der Waals surface area contributed by atoms with Crippen molar-refractivity contribution in [3.63, 3.8) is 0 Å². The Morgan fingerprint density at radius 1 is 1.26 bits per heavy atom. The lowest BCUT2D eigenvalue weighted by Gasteiger charge is -2.17. The summed E-state index contributed by atoms with van der Waals surface area (Å²) in [6.45, 7) is 0.835. The van der Waals surface area contributed by atoms with Crippen molar-refractivity contribution in [1.29, 1.82) is 0 Å². The Bertz CT molecular complexity index is 837. The number of H-pyrrole nitrogens is 1. The number of nitrogens with zero attached hydrogens (tertiary/aromatic N) is 1. The van der Waals surface area contributed by atoms with Crippen LogP contribution in [0.3, 0.4) is 0 Å². The maximum absolute atomic E-state index is 12.3. The number of benzene rings is 1. The topological polar surface area (TPSA) is 80.2 Å². The third kappa shape index (κ3) is 2.48. The van der Waals surface area contributed by atoms with E-state index in [9.17, 15) is 4.79 Å². The minimum atomic E-state index is -0.187. The van der Waals surface area contributed by atoms with Crippen LogP contribution >= 0.6 is 0 Å². The highest BCUT2D eigenvalue weighted by Gasteiger charge is 2.25. The van der Waals surface area contributed by atoms with Gasteiger partial charge < -0.3 is 14.5 Å². The highest BCUT2D eigenvalue weighted by atomic mass is 16.5. The second-order valence-electron chi connectivity index (χ2n) is 5.30. The van der Waals surface area contributed by atoms with Gasteiger partial charge in [0.1, 0.15) is 29.5 Å². The second-order valence-corrected chi connectivity index (χ2v) is 5.30. The molecule has 0 radical (unpaired) electrons. The number of carbonyl (C=O) groups excluding carboxylic acids is 1. The van der Waals surface area contributed by atoms with Crippen molar-refractivity contribution < 1.29 is 13.9 Å². The Balaban J connectivity index is 1.50. The van der Waals surface area contributed by atoms with Gasteiger partial charge in [-0.1, -0.05) is 12.1 Å². The Morgan fingerprint density at radius 2 is 2.17 bits per heavy atom. The Kier molecular flexibility index (Phi) is 3.34. The van der Waals surface area contributed by atoms with Gasteiger partial charge in [-0.2, -0.15) is 5.10 Å². The molecule has 1 amide bonds. The molecule has 23 heavy (non-hydrogen) atoms. The first-order valence-electron chi connectivity index (χ1n) is 7.43. The summed E-state index contributed by atoms with van der Waals surface area (Å²) in [5, 5.41) is 10.00. The minimum absolute atomic E-state index is 0.187. The molecule has 0 atom stereocenters. The van der Waals surface area contributed by atoms with Gasteiger partial charge in [0.2, 0.25) is 0 Å². The lowest BCUT2D eigenvalue weighted by atomic mass is 10.0. The van der Waals surface area contributed by atoms with Crippen LogP contribution in [0.25, 0.3) is 11.3 Å². The predicted molar refractivity (Wildman–Crippen MR) is 83.1 cm³/mol. The summed E-state index contributed by atoms with van der Waals surface area (Å²) in [5.41, 5.74) is 2.93. The van der Waals surface area contributed by atoms with E-state index in [4.69, 9.17) is 9.15 Å². The maximum Gasteiger partial charge on any atom is 0.269 e. The first-order chi connectivity index (χ1) is 11.3. The Labute approximate surface area is 132 Å². The molecular formula is C17H15N3O3. The molecule has 1 aliphatic heterocycles. The van der Waals surface area contributed by atoms with Crippen molar-refractivity contribution in [2.75, 3.05) is 6.54 Å². The summed E-state index contributed by atoms with van der Waals surface area (Å²) in [6, 6.07) is 11.4. The molecule has 0 bridgehead atoms. The van der Waals surface area contributed by atoms with E-state index < -0.39 is 0 Å². The lowest BCUT2D eigenvalue weighted by molar-refractivity contribution is 0.0946. The summed E-state index contributed by atoms with van der Waals surface area (Å²) in [7, 11) is 0. The smallest absolute Gasteiger partial charge is 0.269 e. The van der Waals surface area contributed by atoms with Crippen molar-refractivity contribution in [1.82, 2.24) is 15.5 Å². The fourth-order valence-electron chi connectivity index (χ4n) is 2.70. The van der Waals surface area contributed by atoms with E-state index in [0.717, 1.165) is 28.3 Å². The first kappa shape index (κ1) is 13.6. The predicted octanol–water partition coefficient (Wildman–Crippen LogP) is 2.53. The number of nitrogens with one attached hydrogen (secondary N) is 2. The molecule has 6 heteroatoms. The van der Waals surface area contributed by atoms with Crippen LogP contribution < -0.4 is 10.1 Å². The van der Waals surface area contributed by atoms with E-state index in [-0.39, 0.29) is 5.91 Å². The molecule has 2 N–H and O–H groups in total. The molecule has 1 aromatic carbocycles. The summed E-state index contributed by atoms with van der Waals surface area (Å²) in [6.07, 6.45) is 2.27. The molecule has 0 fully saturated rings. The quantitative estimate of drug-likeness (QED) is 0.776. The highest BCUT2D eigenvalue weighted by molar-refractivity contribution is 5.96. The zero-order valence-corrected chi connectivity index (χ0v) is 12.3. The van der Waals surface area contributed by atoms with Crippen LogP contribution in [-0.2, 0) is 13.0 Å². The number of rotatable bonds is 4. The monoisotopic (exact) mass is 309 g/mol. The number of aromatic nitrogens is 2. The van der Waals surface area contributed by atoms with Gasteiger partial charge in [0, 0.05) is 24.1 Å². The molecule has 6 nitrogen and oxygen atoms in total. The van der Waals surface area contributed by atoms with Crippen LogP contribution in [0.1, 0.15) is 21.8 Å². The first-order valence-corrected chi connectivity index (χ1v) is 7.43. The van der Waals surface area contributed by atoms with Crippen LogP contribution in [0.4, 0.5) is 0 Å². The fraction of sp³-hybridized carbons (Fsp3) is 0.176. The largest absolute Gasteiger partial charge is 0.488 e. The number of amides is 1. The van der Waals surface area contributed by atoms with Gasteiger partial charge in [0.05, 0.1) is 6.26 Å². The number of para-hydroxylation sites is 1. The minimum Gasteiger partial charge on any atom is -0.488 e. The van der Waals surface area contributed by atoms with E-state index in [1.165, 1.54) is 0 Å². The normalized spacial score (nSPS) is 12.2. The number of hydrogen-bond acceptors (Lipinski definition) is 4. The Hall–Kier alpha value is -3.02. The number of aromatic amines is 1. The third-order valence-corrected chi connectivity index (χ3v) is 3.85. The van der Waals surface area contributed by atoms with Crippen LogP contribution in [0.5, 0.6) is 5.75 Å². The molecule has 3 heterocycles. The molecule has 2 aromatic heterocycles. The molecule has 0 saturated carbocycles. The van der Waals surface area contributed by atoms with Crippen molar-refractivity contribution in [2.45, 2.75) is 13.0 Å². The Morgan fingerprint density at radius 3 is 3.04 bits per heavy atom. The maximum atomic E-state index is 12.3. The average Bonchev–Trinajstić information content (AvgIpc) is 3.24. The van der Waals surface area contributed by atoms with Crippen molar-refractivity contribution in [3.8, 4) is 17.0 Å². The standard InChI is InChI=1S/C17H15N3O3/c21-17(18-8-7-11-4-3-9-22-11)16-13-10-23-14-6-2-1-5-12(14)15(13)19-20-16/h1-6,9H,7-8,10H2,(H,18,21)(H,19,20). The van der Waals surface area contributed by atoms with E-state index >= 15 is 0 Å². The summed E-state index contributed by atoms with van der Waals surface area (Å²) >= 11 is 0. The second kappa shape index (κ2) is 5.64. The molecule has 0 aliphatic carbocycles. The van der Waals surface area contributed by atoms with Crippen LogP contribution in [0, 0.1) is 0 Å². The van der Waals surface area contributed by atoms with Crippen LogP contribution in [-0.4, -0.2) is 22.6 Å². The van der Waals surface area contributed by atoms with Crippen LogP contribution in [0.2, 0.25) is 0 Å². The average molecular weight is 309 g/mol. The van der Waals surface area contributed by atoms with E-state index in [0.29, 0.717) is 25.3 Å². The van der Waals surface area contributed by atoms with Crippen molar-refractivity contribution >= 4 is 5.91 Å².